The number of ether oxygens (including phenoxy) is 3. The summed E-state index contributed by atoms with van der Waals surface area (Å²) in [7, 11) is 3.17. The fourth-order valence-corrected chi connectivity index (χ4v) is 2.29. The molecule has 4 heteroatoms. The summed E-state index contributed by atoms with van der Waals surface area (Å²) in [6, 6.07) is 13.0. The minimum absolute atomic E-state index is 0.123. The van der Waals surface area contributed by atoms with Crippen LogP contribution in [-0.4, -0.2) is 26.6 Å². The molecule has 0 aliphatic carbocycles. The molecular formula is C21H22O4. The summed E-state index contributed by atoms with van der Waals surface area (Å²) in [6.45, 7) is 2.57. The second-order valence-corrected chi connectivity index (χ2v) is 5.15. The molecule has 0 aliphatic heterocycles. The Balaban J connectivity index is 2.08. The Bertz CT molecular complexity index is 736. The fraction of sp³-hybridized carbons (Fsp3) is 0.190. The fourth-order valence-electron chi connectivity index (χ4n) is 2.29. The molecule has 0 aliphatic rings. The molecule has 4 nitrogen and oxygen atoms in total. The molecule has 130 valence electrons. The molecule has 0 fully saturated rings. The number of methoxy groups -OCH3 is 2. The molecule has 0 saturated heterocycles. The molecular weight excluding hydrogens is 316 g/mol. The maximum Gasteiger partial charge on any atom is 0.178 e. The van der Waals surface area contributed by atoms with Crippen molar-refractivity contribution in [2.75, 3.05) is 20.8 Å². The van der Waals surface area contributed by atoms with E-state index < -0.39 is 0 Å². The van der Waals surface area contributed by atoms with Gasteiger partial charge < -0.3 is 14.2 Å². The van der Waals surface area contributed by atoms with Gasteiger partial charge in [0, 0.05) is 0 Å². The SMILES string of the molecule is CCOc1ccc(/C=C/C(=O)/C=C/c2c(OC)cccc2OC)cc1. The first-order chi connectivity index (χ1) is 12.2. The molecule has 0 amide bonds. The maximum absolute atomic E-state index is 12.1. The van der Waals surface area contributed by atoms with Gasteiger partial charge in [0.15, 0.2) is 5.78 Å². The van der Waals surface area contributed by atoms with Crippen molar-refractivity contribution in [2.45, 2.75) is 6.92 Å². The molecule has 0 atom stereocenters. The van der Waals surface area contributed by atoms with Crippen molar-refractivity contribution in [3.63, 3.8) is 0 Å². The van der Waals surface area contributed by atoms with Gasteiger partial charge >= 0.3 is 0 Å². The molecule has 0 N–H and O–H groups in total. The lowest BCUT2D eigenvalue weighted by atomic mass is 10.1. The molecule has 0 saturated carbocycles. The minimum atomic E-state index is -0.123. The van der Waals surface area contributed by atoms with Crippen molar-refractivity contribution in [1.29, 1.82) is 0 Å². The van der Waals surface area contributed by atoms with Crippen molar-refractivity contribution in [3.05, 3.63) is 65.7 Å². The molecule has 0 heterocycles. The zero-order valence-electron chi connectivity index (χ0n) is 14.7. The van der Waals surface area contributed by atoms with E-state index in [0.717, 1.165) is 16.9 Å². The second-order valence-electron chi connectivity index (χ2n) is 5.15. The lowest BCUT2D eigenvalue weighted by Gasteiger charge is -2.09. The van der Waals surface area contributed by atoms with Crippen LogP contribution in [0.2, 0.25) is 0 Å². The number of rotatable bonds is 8. The maximum atomic E-state index is 12.1. The summed E-state index contributed by atoms with van der Waals surface area (Å²) in [5.41, 5.74) is 1.66. The number of ketones is 1. The van der Waals surface area contributed by atoms with Crippen LogP contribution in [0.15, 0.2) is 54.6 Å². The average Bonchev–Trinajstić information content (AvgIpc) is 2.65. The van der Waals surface area contributed by atoms with Crippen molar-refractivity contribution in [1.82, 2.24) is 0 Å². The summed E-state index contributed by atoms with van der Waals surface area (Å²) >= 11 is 0. The van der Waals surface area contributed by atoms with Gasteiger partial charge in [0.2, 0.25) is 0 Å². The van der Waals surface area contributed by atoms with Crippen molar-refractivity contribution in [3.8, 4) is 17.2 Å². The van der Waals surface area contributed by atoms with Gasteiger partial charge in [-0.3, -0.25) is 4.79 Å². The molecule has 0 radical (unpaired) electrons. The summed E-state index contributed by atoms with van der Waals surface area (Å²) in [5, 5.41) is 0. The third-order valence-electron chi connectivity index (χ3n) is 3.51. The zero-order chi connectivity index (χ0) is 18.1. The van der Waals surface area contributed by atoms with E-state index in [1.807, 2.05) is 49.4 Å². The molecule has 0 bridgehead atoms. The second kappa shape index (κ2) is 9.33. The van der Waals surface area contributed by atoms with Gasteiger partial charge in [0.05, 0.1) is 26.4 Å². The Hall–Kier alpha value is -3.01. The van der Waals surface area contributed by atoms with Gasteiger partial charge in [-0.05, 0) is 55.0 Å². The molecule has 0 spiro atoms. The summed E-state index contributed by atoms with van der Waals surface area (Å²) < 4.78 is 16.0. The normalized spacial score (nSPS) is 11.0. The largest absolute Gasteiger partial charge is 0.496 e. The highest BCUT2D eigenvalue weighted by Crippen LogP contribution is 2.29. The lowest BCUT2D eigenvalue weighted by molar-refractivity contribution is -0.110. The van der Waals surface area contributed by atoms with E-state index in [-0.39, 0.29) is 5.78 Å². The van der Waals surface area contributed by atoms with Crippen molar-refractivity contribution >= 4 is 17.9 Å². The summed E-state index contributed by atoms with van der Waals surface area (Å²) in [4.78, 5) is 12.1. The van der Waals surface area contributed by atoms with Crippen LogP contribution in [0.5, 0.6) is 17.2 Å². The predicted molar refractivity (Wildman–Crippen MR) is 100 cm³/mol. The third kappa shape index (κ3) is 5.24. The number of benzene rings is 2. The van der Waals surface area contributed by atoms with E-state index in [9.17, 15) is 4.79 Å². The van der Waals surface area contributed by atoms with Crippen molar-refractivity contribution < 1.29 is 19.0 Å². The smallest absolute Gasteiger partial charge is 0.178 e. The predicted octanol–water partition coefficient (Wildman–Crippen LogP) is 4.40. The molecule has 0 unspecified atom stereocenters. The Morgan fingerprint density at radius 2 is 1.52 bits per heavy atom. The Labute approximate surface area is 148 Å². The van der Waals surface area contributed by atoms with Gasteiger partial charge in [0.25, 0.3) is 0 Å². The highest BCUT2D eigenvalue weighted by atomic mass is 16.5. The monoisotopic (exact) mass is 338 g/mol. The van der Waals surface area contributed by atoms with Crippen LogP contribution >= 0.6 is 0 Å². The van der Waals surface area contributed by atoms with Crippen LogP contribution < -0.4 is 14.2 Å². The van der Waals surface area contributed by atoms with E-state index in [2.05, 4.69) is 0 Å². The van der Waals surface area contributed by atoms with Crippen LogP contribution in [-0.2, 0) is 4.79 Å². The highest BCUT2D eigenvalue weighted by Gasteiger charge is 2.06. The molecule has 0 aromatic heterocycles. The molecule has 2 aromatic carbocycles. The van der Waals surface area contributed by atoms with Crippen LogP contribution in [0.4, 0.5) is 0 Å². The molecule has 2 aromatic rings. The van der Waals surface area contributed by atoms with Crippen molar-refractivity contribution in [2.24, 2.45) is 0 Å². The standard InChI is InChI=1S/C21H22O4/c1-4-25-18-13-9-16(10-14-18)8-11-17(22)12-15-19-20(23-2)6-5-7-21(19)24-3/h5-15H,4H2,1-3H3/b11-8+,15-12+. The first kappa shape index (κ1) is 18.3. The number of carbonyl (C=O) groups is 1. The van der Waals surface area contributed by atoms with Gasteiger partial charge in [-0.25, -0.2) is 0 Å². The molecule has 2 rings (SSSR count). The van der Waals surface area contributed by atoms with E-state index in [0.29, 0.717) is 18.1 Å². The van der Waals surface area contributed by atoms with Gasteiger partial charge in [-0.15, -0.1) is 0 Å². The first-order valence-corrected chi connectivity index (χ1v) is 8.02. The molecule has 25 heavy (non-hydrogen) atoms. The Morgan fingerprint density at radius 1 is 0.920 bits per heavy atom. The van der Waals surface area contributed by atoms with E-state index >= 15 is 0 Å². The van der Waals surface area contributed by atoms with Gasteiger partial charge in [0.1, 0.15) is 17.2 Å². The Morgan fingerprint density at radius 3 is 2.08 bits per heavy atom. The van der Waals surface area contributed by atoms with Crippen LogP contribution in [0.1, 0.15) is 18.1 Å². The third-order valence-corrected chi connectivity index (χ3v) is 3.51. The Kier molecular flexibility index (Phi) is 6.84. The summed E-state index contributed by atoms with van der Waals surface area (Å²) in [5.74, 6) is 1.99. The average molecular weight is 338 g/mol. The topological polar surface area (TPSA) is 44.8 Å². The van der Waals surface area contributed by atoms with Gasteiger partial charge in [-0.2, -0.15) is 0 Å². The number of allylic oxidation sites excluding steroid dienone is 2. The quantitative estimate of drug-likeness (QED) is 0.669. The van der Waals surface area contributed by atoms with Crippen LogP contribution in [0.3, 0.4) is 0 Å². The number of carbonyl (C=O) groups excluding carboxylic acids is 1. The highest BCUT2D eigenvalue weighted by molar-refractivity contribution is 6.04. The van der Waals surface area contributed by atoms with E-state index in [1.54, 1.807) is 26.4 Å². The number of hydrogen-bond donors (Lipinski definition) is 0. The minimum Gasteiger partial charge on any atom is -0.496 e. The van der Waals surface area contributed by atoms with E-state index in [4.69, 9.17) is 14.2 Å². The van der Waals surface area contributed by atoms with Gasteiger partial charge in [-0.1, -0.05) is 24.3 Å². The lowest BCUT2D eigenvalue weighted by Crippen LogP contribution is -1.93. The zero-order valence-corrected chi connectivity index (χ0v) is 14.7. The first-order valence-electron chi connectivity index (χ1n) is 8.02. The van der Waals surface area contributed by atoms with Crippen LogP contribution in [0, 0.1) is 0 Å². The van der Waals surface area contributed by atoms with E-state index in [1.165, 1.54) is 12.2 Å². The number of hydrogen-bond acceptors (Lipinski definition) is 4. The summed E-state index contributed by atoms with van der Waals surface area (Å²) in [6.07, 6.45) is 6.48. The van der Waals surface area contributed by atoms with Crippen LogP contribution in [0.25, 0.3) is 12.2 Å².